The van der Waals surface area contributed by atoms with E-state index in [0.29, 0.717) is 10.7 Å². The molecular weight excluding hydrogens is 288 g/mol. The van der Waals surface area contributed by atoms with Gasteiger partial charge in [-0.05, 0) is 48.6 Å². The van der Waals surface area contributed by atoms with Gasteiger partial charge >= 0.3 is 0 Å². The molecule has 2 heterocycles. The third-order valence-electron chi connectivity index (χ3n) is 3.06. The number of nitrogens with zero attached hydrogens (tertiary/aromatic N) is 2. The van der Waals surface area contributed by atoms with Gasteiger partial charge in [-0.15, -0.1) is 0 Å². The molecule has 0 aliphatic rings. The molecule has 0 aliphatic carbocycles. The smallest absolute Gasteiger partial charge is 0.145 e. The second kappa shape index (κ2) is 5.42. The van der Waals surface area contributed by atoms with Gasteiger partial charge in [-0.2, -0.15) is 0 Å². The third kappa shape index (κ3) is 2.66. The largest absolute Gasteiger partial charge is 0.545 e. The minimum atomic E-state index is -1.25. The molecule has 0 unspecified atom stereocenters. The van der Waals surface area contributed by atoms with Crippen LogP contribution in [0, 0.1) is 0 Å². The molecule has 0 amide bonds. The van der Waals surface area contributed by atoms with Crippen LogP contribution in [0.3, 0.4) is 0 Å². The normalized spacial score (nSPS) is 11.3. The van der Waals surface area contributed by atoms with Crippen molar-refractivity contribution >= 4 is 29.2 Å². The zero-order valence-corrected chi connectivity index (χ0v) is 11.6. The minimum absolute atomic E-state index is 0.574. The second-order valence-corrected chi connectivity index (χ2v) is 4.87. The van der Waals surface area contributed by atoms with E-state index in [4.69, 9.17) is 11.6 Å². The molecule has 0 atom stereocenters. The Hall–Kier alpha value is -2.59. The highest BCUT2D eigenvalue weighted by Crippen LogP contribution is 2.24. The molecule has 0 fully saturated rings. The Morgan fingerprint density at radius 2 is 1.95 bits per heavy atom. The molecule has 3 aromatic rings. The van der Waals surface area contributed by atoms with Crippen LogP contribution in [0.25, 0.3) is 23.0 Å². The van der Waals surface area contributed by atoms with E-state index in [9.17, 15) is 9.90 Å². The van der Waals surface area contributed by atoms with Crippen LogP contribution in [-0.4, -0.2) is 15.4 Å². The Labute approximate surface area is 125 Å². The fourth-order valence-corrected chi connectivity index (χ4v) is 2.26. The number of fused-ring (bicyclic) bond motifs is 1. The predicted molar refractivity (Wildman–Crippen MR) is 79.7 cm³/mol. The Kier molecular flexibility index (Phi) is 3.46. The summed E-state index contributed by atoms with van der Waals surface area (Å²) in [7, 11) is 0. The minimum Gasteiger partial charge on any atom is -0.545 e. The molecule has 2 aromatic heterocycles. The van der Waals surface area contributed by atoms with Crippen molar-refractivity contribution in [2.24, 2.45) is 0 Å². The Bertz CT molecular complexity index is 835. The molecule has 0 aliphatic heterocycles. The van der Waals surface area contributed by atoms with E-state index in [1.807, 2.05) is 40.9 Å². The second-order valence-electron chi connectivity index (χ2n) is 4.44. The Morgan fingerprint density at radius 3 is 2.67 bits per heavy atom. The highest BCUT2D eigenvalue weighted by Gasteiger charge is 2.10. The lowest BCUT2D eigenvalue weighted by atomic mass is 10.2. The number of hydrogen-bond acceptors (Lipinski definition) is 3. The van der Waals surface area contributed by atoms with Gasteiger partial charge in [0.1, 0.15) is 5.82 Å². The van der Waals surface area contributed by atoms with Crippen molar-refractivity contribution in [1.82, 2.24) is 9.38 Å². The van der Waals surface area contributed by atoms with Crippen molar-refractivity contribution in [2.75, 3.05) is 0 Å². The molecule has 0 spiro atoms. The zero-order valence-electron chi connectivity index (χ0n) is 10.9. The molecule has 5 heteroatoms. The molecule has 0 bridgehead atoms. The van der Waals surface area contributed by atoms with Crippen molar-refractivity contribution in [3.63, 3.8) is 0 Å². The molecule has 21 heavy (non-hydrogen) atoms. The monoisotopic (exact) mass is 297 g/mol. The molecule has 0 N–H and O–H groups in total. The van der Waals surface area contributed by atoms with Crippen LogP contribution in [0.1, 0.15) is 5.69 Å². The summed E-state index contributed by atoms with van der Waals surface area (Å²) < 4.78 is 1.90. The number of aliphatic carboxylic acids is 1. The van der Waals surface area contributed by atoms with Crippen molar-refractivity contribution in [3.8, 4) is 11.4 Å². The van der Waals surface area contributed by atoms with Crippen LogP contribution in [0.15, 0.2) is 54.7 Å². The Balaban J connectivity index is 2.19. The summed E-state index contributed by atoms with van der Waals surface area (Å²) in [5.41, 5.74) is 2.29. The van der Waals surface area contributed by atoms with Crippen LogP contribution in [0.5, 0.6) is 0 Å². The molecule has 0 radical (unpaired) electrons. The first-order valence-corrected chi connectivity index (χ1v) is 6.65. The summed E-state index contributed by atoms with van der Waals surface area (Å²) in [6.07, 6.45) is 4.29. The first-order chi connectivity index (χ1) is 10.1. The highest BCUT2D eigenvalue weighted by atomic mass is 35.5. The van der Waals surface area contributed by atoms with Crippen LogP contribution >= 0.6 is 11.6 Å². The van der Waals surface area contributed by atoms with E-state index < -0.39 is 5.97 Å². The molecule has 3 rings (SSSR count). The highest BCUT2D eigenvalue weighted by molar-refractivity contribution is 6.30. The van der Waals surface area contributed by atoms with Gasteiger partial charge in [0.2, 0.25) is 0 Å². The van der Waals surface area contributed by atoms with Gasteiger partial charge in [-0.25, -0.2) is 4.98 Å². The van der Waals surface area contributed by atoms with E-state index in [-0.39, 0.29) is 0 Å². The first kappa shape index (κ1) is 13.4. The fourth-order valence-electron chi connectivity index (χ4n) is 2.13. The average Bonchev–Trinajstić information content (AvgIpc) is 2.85. The van der Waals surface area contributed by atoms with Gasteiger partial charge < -0.3 is 9.90 Å². The summed E-state index contributed by atoms with van der Waals surface area (Å²) in [5, 5.41) is 11.2. The van der Waals surface area contributed by atoms with Crippen molar-refractivity contribution in [2.45, 2.75) is 0 Å². The summed E-state index contributed by atoms with van der Waals surface area (Å²) in [6.45, 7) is 0. The number of carbonyl (C=O) groups is 1. The standard InChI is InChI=1S/C16H11ClN2O2/c17-12-6-4-11(5-7-12)16-18-13(8-9-15(20)21)14-3-1-2-10-19(14)16/h1-10H,(H,20,21)/p-1/b9-8+. The number of rotatable bonds is 3. The quantitative estimate of drug-likeness (QED) is 0.698. The number of carbonyl (C=O) groups excluding carboxylic acids is 1. The summed E-state index contributed by atoms with van der Waals surface area (Å²) in [6, 6.07) is 13.0. The molecule has 104 valence electrons. The molecule has 1 aromatic carbocycles. The average molecular weight is 298 g/mol. The lowest BCUT2D eigenvalue weighted by Gasteiger charge is -2.00. The van der Waals surface area contributed by atoms with E-state index in [2.05, 4.69) is 4.98 Å². The summed E-state index contributed by atoms with van der Waals surface area (Å²) in [5.74, 6) is -0.527. The summed E-state index contributed by atoms with van der Waals surface area (Å²) in [4.78, 5) is 15.1. The van der Waals surface area contributed by atoms with Crippen molar-refractivity contribution in [1.29, 1.82) is 0 Å². The van der Waals surface area contributed by atoms with Crippen LogP contribution in [-0.2, 0) is 4.79 Å². The van der Waals surface area contributed by atoms with Crippen LogP contribution < -0.4 is 5.11 Å². The van der Waals surface area contributed by atoms with Crippen molar-refractivity contribution < 1.29 is 9.90 Å². The number of aromatic nitrogens is 2. The molecule has 0 saturated heterocycles. The van der Waals surface area contributed by atoms with E-state index in [1.54, 1.807) is 12.1 Å². The maximum atomic E-state index is 10.6. The SMILES string of the molecule is O=C([O-])/C=C/c1nc(-c2ccc(Cl)cc2)n2ccccc12. The van der Waals surface area contributed by atoms with E-state index in [0.717, 1.165) is 23.0 Å². The first-order valence-electron chi connectivity index (χ1n) is 6.27. The molecule has 4 nitrogen and oxygen atoms in total. The van der Waals surface area contributed by atoms with E-state index >= 15 is 0 Å². The van der Waals surface area contributed by atoms with Gasteiger partial charge in [0.05, 0.1) is 17.2 Å². The van der Waals surface area contributed by atoms with Gasteiger partial charge in [-0.1, -0.05) is 17.7 Å². The van der Waals surface area contributed by atoms with Crippen molar-refractivity contribution in [3.05, 3.63) is 65.5 Å². The number of imidazole rings is 1. The predicted octanol–water partition coefficient (Wildman–Crippen LogP) is 2.42. The van der Waals surface area contributed by atoms with E-state index in [1.165, 1.54) is 6.08 Å². The van der Waals surface area contributed by atoms with Gasteiger partial charge in [0.25, 0.3) is 0 Å². The maximum Gasteiger partial charge on any atom is 0.145 e. The van der Waals surface area contributed by atoms with Gasteiger partial charge in [0, 0.05) is 16.8 Å². The van der Waals surface area contributed by atoms with Gasteiger partial charge in [0.15, 0.2) is 0 Å². The topological polar surface area (TPSA) is 57.4 Å². The third-order valence-corrected chi connectivity index (χ3v) is 3.31. The molecular formula is C16H10ClN2O2-. The number of pyridine rings is 1. The lowest BCUT2D eigenvalue weighted by Crippen LogP contribution is -2.18. The number of halogens is 1. The fraction of sp³-hybridized carbons (Fsp3) is 0. The summed E-state index contributed by atoms with van der Waals surface area (Å²) >= 11 is 5.90. The number of carboxylic acids is 1. The van der Waals surface area contributed by atoms with Crippen LogP contribution in [0.4, 0.5) is 0 Å². The number of carboxylic acid groups (broad SMARTS) is 1. The lowest BCUT2D eigenvalue weighted by molar-refractivity contribution is -0.297. The maximum absolute atomic E-state index is 10.6. The molecule has 0 saturated carbocycles. The Morgan fingerprint density at radius 1 is 1.19 bits per heavy atom. The number of benzene rings is 1. The van der Waals surface area contributed by atoms with Crippen LogP contribution in [0.2, 0.25) is 5.02 Å². The van der Waals surface area contributed by atoms with Gasteiger partial charge in [-0.3, -0.25) is 4.40 Å². The number of hydrogen-bond donors (Lipinski definition) is 0. The zero-order chi connectivity index (χ0) is 14.8.